The molecule has 7 heteroatoms. The average molecular weight is 419 g/mol. The molecule has 136 valence electrons. The molecule has 2 amide bonds. The Morgan fingerprint density at radius 1 is 1.00 bits per heavy atom. The Balaban J connectivity index is 1.89. The summed E-state index contributed by atoms with van der Waals surface area (Å²) in [6.07, 6.45) is 0.359. The van der Waals surface area contributed by atoms with Crippen LogP contribution in [0.2, 0.25) is 0 Å². The molecule has 0 saturated carbocycles. The lowest BCUT2D eigenvalue weighted by Crippen LogP contribution is -2.30. The van der Waals surface area contributed by atoms with Crippen molar-refractivity contribution in [2.75, 3.05) is 11.9 Å². The van der Waals surface area contributed by atoms with Gasteiger partial charge in [-0.05, 0) is 47.9 Å². The Morgan fingerprint density at radius 3 is 2.31 bits per heavy atom. The monoisotopic (exact) mass is 418 g/mol. The number of rotatable bonds is 7. The number of aliphatic carboxylic acids is 1. The lowest BCUT2D eigenvalue weighted by atomic mass is 10.1. The minimum Gasteiger partial charge on any atom is -0.480 e. The first-order chi connectivity index (χ1) is 12.3. The van der Waals surface area contributed by atoms with Gasteiger partial charge < -0.3 is 15.7 Å². The van der Waals surface area contributed by atoms with Gasteiger partial charge in [-0.25, -0.2) is 0 Å². The fourth-order valence-corrected chi connectivity index (χ4v) is 2.84. The Hall–Kier alpha value is -2.67. The molecule has 0 saturated heterocycles. The SMILES string of the molecule is Cc1cc(Br)ccc1CC(=O)Nc1ccc(CC(=O)NCC(=O)O)cc1. The fourth-order valence-electron chi connectivity index (χ4n) is 2.36. The highest BCUT2D eigenvalue weighted by atomic mass is 79.9. The summed E-state index contributed by atoms with van der Waals surface area (Å²) in [4.78, 5) is 34.2. The van der Waals surface area contributed by atoms with Crippen LogP contribution in [-0.4, -0.2) is 29.4 Å². The van der Waals surface area contributed by atoms with Crippen molar-refractivity contribution in [1.82, 2.24) is 5.32 Å². The lowest BCUT2D eigenvalue weighted by Gasteiger charge is -2.09. The zero-order chi connectivity index (χ0) is 19.1. The number of hydrogen-bond donors (Lipinski definition) is 3. The van der Waals surface area contributed by atoms with Crippen LogP contribution in [0, 0.1) is 6.92 Å². The van der Waals surface area contributed by atoms with Crippen LogP contribution < -0.4 is 10.6 Å². The van der Waals surface area contributed by atoms with E-state index in [-0.39, 0.29) is 24.7 Å². The van der Waals surface area contributed by atoms with Crippen LogP contribution in [0.4, 0.5) is 5.69 Å². The number of amides is 2. The normalized spacial score (nSPS) is 10.2. The standard InChI is InChI=1S/C19H19BrN2O4/c1-12-8-15(20)5-4-14(12)10-18(24)22-16-6-2-13(3-7-16)9-17(23)21-11-19(25)26/h2-8H,9-11H2,1H3,(H,21,23)(H,22,24)(H,25,26). The molecule has 0 aromatic heterocycles. The van der Waals surface area contributed by atoms with Crippen molar-refractivity contribution >= 4 is 39.4 Å². The zero-order valence-electron chi connectivity index (χ0n) is 14.2. The predicted octanol–water partition coefficient (Wildman–Crippen LogP) is 2.68. The average Bonchev–Trinajstić information content (AvgIpc) is 2.57. The molecule has 0 spiro atoms. The first-order valence-corrected chi connectivity index (χ1v) is 8.75. The molecule has 0 heterocycles. The molecule has 0 radical (unpaired) electrons. The highest BCUT2D eigenvalue weighted by Gasteiger charge is 2.08. The zero-order valence-corrected chi connectivity index (χ0v) is 15.8. The van der Waals surface area contributed by atoms with Crippen LogP contribution >= 0.6 is 15.9 Å². The topological polar surface area (TPSA) is 95.5 Å². The molecule has 0 aliphatic rings. The van der Waals surface area contributed by atoms with Gasteiger partial charge in [0.05, 0.1) is 12.8 Å². The van der Waals surface area contributed by atoms with Gasteiger partial charge in [-0.3, -0.25) is 14.4 Å². The molecular formula is C19H19BrN2O4. The van der Waals surface area contributed by atoms with Crippen molar-refractivity contribution in [3.8, 4) is 0 Å². The first-order valence-electron chi connectivity index (χ1n) is 7.96. The third-order valence-electron chi connectivity index (χ3n) is 3.69. The van der Waals surface area contributed by atoms with Gasteiger partial charge in [-0.15, -0.1) is 0 Å². The van der Waals surface area contributed by atoms with Gasteiger partial charge in [-0.2, -0.15) is 0 Å². The van der Waals surface area contributed by atoms with E-state index in [1.165, 1.54) is 0 Å². The van der Waals surface area contributed by atoms with Gasteiger partial charge in [0.15, 0.2) is 0 Å². The molecule has 0 aliphatic carbocycles. The molecule has 0 fully saturated rings. The van der Waals surface area contributed by atoms with Crippen molar-refractivity contribution < 1.29 is 19.5 Å². The van der Waals surface area contributed by atoms with Crippen LogP contribution in [0.25, 0.3) is 0 Å². The van der Waals surface area contributed by atoms with E-state index in [2.05, 4.69) is 26.6 Å². The van der Waals surface area contributed by atoms with Gasteiger partial charge in [0.25, 0.3) is 0 Å². The number of aryl methyl sites for hydroxylation is 1. The molecule has 0 aliphatic heterocycles. The first kappa shape index (κ1) is 19.7. The number of hydrogen-bond acceptors (Lipinski definition) is 3. The molecule has 0 bridgehead atoms. The highest BCUT2D eigenvalue weighted by Crippen LogP contribution is 2.17. The summed E-state index contributed by atoms with van der Waals surface area (Å²) < 4.78 is 0.974. The van der Waals surface area contributed by atoms with Crippen LogP contribution in [0.1, 0.15) is 16.7 Å². The van der Waals surface area contributed by atoms with E-state index < -0.39 is 12.5 Å². The van der Waals surface area contributed by atoms with Crippen LogP contribution in [0.5, 0.6) is 0 Å². The second-order valence-corrected chi connectivity index (χ2v) is 6.76. The second-order valence-electron chi connectivity index (χ2n) is 5.84. The quantitative estimate of drug-likeness (QED) is 0.643. The van der Waals surface area contributed by atoms with Crippen molar-refractivity contribution in [3.63, 3.8) is 0 Å². The largest absolute Gasteiger partial charge is 0.480 e. The van der Waals surface area contributed by atoms with E-state index in [4.69, 9.17) is 5.11 Å². The summed E-state index contributed by atoms with van der Waals surface area (Å²) in [6.45, 7) is 1.56. The molecule has 2 rings (SSSR count). The van der Waals surface area contributed by atoms with E-state index in [1.54, 1.807) is 24.3 Å². The van der Waals surface area contributed by atoms with E-state index in [9.17, 15) is 14.4 Å². The Kier molecular flexibility index (Phi) is 6.91. The van der Waals surface area contributed by atoms with Crippen molar-refractivity contribution in [2.45, 2.75) is 19.8 Å². The fraction of sp³-hybridized carbons (Fsp3) is 0.211. The van der Waals surface area contributed by atoms with Gasteiger partial charge in [0.2, 0.25) is 11.8 Å². The van der Waals surface area contributed by atoms with Crippen molar-refractivity contribution in [2.24, 2.45) is 0 Å². The summed E-state index contributed by atoms with van der Waals surface area (Å²) in [5.41, 5.74) is 3.36. The molecule has 26 heavy (non-hydrogen) atoms. The number of nitrogens with one attached hydrogen (secondary N) is 2. The molecule has 2 aromatic carbocycles. The second kappa shape index (κ2) is 9.15. The number of halogens is 1. The van der Waals surface area contributed by atoms with Gasteiger partial charge in [0.1, 0.15) is 6.54 Å². The minimum absolute atomic E-state index is 0.0829. The van der Waals surface area contributed by atoms with Crippen LogP contribution in [0.3, 0.4) is 0 Å². The van der Waals surface area contributed by atoms with Gasteiger partial charge in [-0.1, -0.05) is 34.1 Å². The maximum atomic E-state index is 12.2. The third kappa shape index (κ3) is 6.33. The maximum absolute atomic E-state index is 12.2. The number of anilines is 1. The summed E-state index contributed by atoms with van der Waals surface area (Å²) in [6, 6.07) is 12.7. The van der Waals surface area contributed by atoms with Crippen molar-refractivity contribution in [1.29, 1.82) is 0 Å². The van der Waals surface area contributed by atoms with E-state index >= 15 is 0 Å². The number of carboxylic acids is 1. The summed E-state index contributed by atoms with van der Waals surface area (Å²) in [5.74, 6) is -1.57. The number of carboxylic acid groups (broad SMARTS) is 1. The number of carbonyl (C=O) groups is 3. The molecular weight excluding hydrogens is 400 g/mol. The van der Waals surface area contributed by atoms with E-state index in [1.807, 2.05) is 25.1 Å². The number of carbonyl (C=O) groups excluding carboxylic acids is 2. The maximum Gasteiger partial charge on any atom is 0.322 e. The predicted molar refractivity (Wildman–Crippen MR) is 102 cm³/mol. The third-order valence-corrected chi connectivity index (χ3v) is 4.19. The molecule has 2 aromatic rings. The molecule has 0 atom stereocenters. The number of benzene rings is 2. The van der Waals surface area contributed by atoms with E-state index in [0.29, 0.717) is 5.69 Å². The van der Waals surface area contributed by atoms with Gasteiger partial charge in [0, 0.05) is 10.2 Å². The highest BCUT2D eigenvalue weighted by molar-refractivity contribution is 9.10. The van der Waals surface area contributed by atoms with E-state index in [0.717, 1.165) is 21.2 Å². The van der Waals surface area contributed by atoms with Gasteiger partial charge >= 0.3 is 5.97 Å². The Bertz CT molecular complexity index is 819. The van der Waals surface area contributed by atoms with Crippen LogP contribution in [0.15, 0.2) is 46.9 Å². The summed E-state index contributed by atoms with van der Waals surface area (Å²) in [7, 11) is 0. The Labute approximate surface area is 159 Å². The summed E-state index contributed by atoms with van der Waals surface area (Å²) in [5, 5.41) is 13.7. The Morgan fingerprint density at radius 2 is 1.69 bits per heavy atom. The van der Waals surface area contributed by atoms with Crippen LogP contribution in [-0.2, 0) is 27.2 Å². The summed E-state index contributed by atoms with van der Waals surface area (Å²) >= 11 is 3.40. The minimum atomic E-state index is -1.09. The smallest absolute Gasteiger partial charge is 0.322 e. The molecule has 6 nitrogen and oxygen atoms in total. The molecule has 3 N–H and O–H groups in total. The molecule has 0 unspecified atom stereocenters. The van der Waals surface area contributed by atoms with Crippen molar-refractivity contribution in [3.05, 3.63) is 63.6 Å². The lowest BCUT2D eigenvalue weighted by molar-refractivity contribution is -0.137.